The molecule has 2 aliphatic heterocycles. The highest BCUT2D eigenvalue weighted by molar-refractivity contribution is 5.99. The minimum atomic E-state index is -0.466. The van der Waals surface area contributed by atoms with Gasteiger partial charge < -0.3 is 30.0 Å². The van der Waals surface area contributed by atoms with Gasteiger partial charge in [0.25, 0.3) is 5.91 Å². The Labute approximate surface area is 166 Å². The second-order valence-corrected chi connectivity index (χ2v) is 7.27. The highest BCUT2D eigenvalue weighted by atomic mass is 16.5. The standard InChI is InChI=1S/C20H31N3O5/c1-21-15-10-16(19-18(11-15)27-7-3-8-28-19)20(25)22-12-14-4-5-23(6-9-26-2)13-17(14)24/h10-11,14,17,21,24H,3-9,12-13H2,1-2H3,(H,22,25)/t14-,17?/m0/s1. The van der Waals surface area contributed by atoms with Crippen LogP contribution in [0.1, 0.15) is 23.2 Å². The summed E-state index contributed by atoms with van der Waals surface area (Å²) in [5, 5.41) is 16.5. The molecule has 1 aromatic rings. The van der Waals surface area contributed by atoms with E-state index in [9.17, 15) is 9.90 Å². The fraction of sp³-hybridized carbons (Fsp3) is 0.650. The minimum absolute atomic E-state index is 0.0333. The van der Waals surface area contributed by atoms with E-state index in [1.54, 1.807) is 20.2 Å². The molecule has 8 heteroatoms. The number of anilines is 1. The Kier molecular flexibility index (Phi) is 7.36. The molecule has 0 spiro atoms. The maximum absolute atomic E-state index is 12.9. The molecule has 3 rings (SSSR count). The fourth-order valence-corrected chi connectivity index (χ4v) is 3.61. The first-order chi connectivity index (χ1) is 13.6. The summed E-state index contributed by atoms with van der Waals surface area (Å²) in [4.78, 5) is 15.1. The average Bonchev–Trinajstić information content (AvgIpc) is 2.95. The van der Waals surface area contributed by atoms with Crippen LogP contribution >= 0.6 is 0 Å². The molecule has 8 nitrogen and oxygen atoms in total. The number of hydrogen-bond acceptors (Lipinski definition) is 7. The van der Waals surface area contributed by atoms with Crippen LogP contribution < -0.4 is 20.1 Å². The quantitative estimate of drug-likeness (QED) is 0.635. The first-order valence-electron chi connectivity index (χ1n) is 9.91. The van der Waals surface area contributed by atoms with E-state index in [1.165, 1.54) is 0 Å². The van der Waals surface area contributed by atoms with Gasteiger partial charge in [-0.05, 0) is 19.0 Å². The number of β-amino-alcohol motifs (C(OH)–C–C–N with tert-alkyl or cyclic N) is 1. The molecule has 1 saturated heterocycles. The lowest BCUT2D eigenvalue weighted by Crippen LogP contribution is -2.48. The molecule has 1 amide bonds. The summed E-state index contributed by atoms with van der Waals surface area (Å²) >= 11 is 0. The molecule has 2 heterocycles. The fourth-order valence-electron chi connectivity index (χ4n) is 3.61. The second-order valence-electron chi connectivity index (χ2n) is 7.27. The van der Waals surface area contributed by atoms with Gasteiger partial charge in [-0.2, -0.15) is 0 Å². The van der Waals surface area contributed by atoms with Crippen molar-refractivity contribution in [2.24, 2.45) is 5.92 Å². The number of carbonyl (C=O) groups is 1. The number of nitrogens with zero attached hydrogens (tertiary/aromatic N) is 1. The van der Waals surface area contributed by atoms with Crippen molar-refractivity contribution in [3.05, 3.63) is 17.7 Å². The van der Waals surface area contributed by atoms with Crippen molar-refractivity contribution in [3.8, 4) is 11.5 Å². The molecule has 3 N–H and O–H groups in total. The van der Waals surface area contributed by atoms with Crippen molar-refractivity contribution in [2.75, 3.05) is 65.5 Å². The van der Waals surface area contributed by atoms with Gasteiger partial charge in [-0.15, -0.1) is 0 Å². The van der Waals surface area contributed by atoms with Gasteiger partial charge in [0.05, 0.1) is 31.5 Å². The normalized spacial score (nSPS) is 22.4. The van der Waals surface area contributed by atoms with E-state index in [0.717, 1.165) is 31.6 Å². The summed E-state index contributed by atoms with van der Waals surface area (Å²) in [5.41, 5.74) is 1.25. The van der Waals surface area contributed by atoms with E-state index in [4.69, 9.17) is 14.2 Å². The zero-order chi connectivity index (χ0) is 19.9. The van der Waals surface area contributed by atoms with Crippen LogP contribution in [0.2, 0.25) is 0 Å². The molecule has 0 bridgehead atoms. The number of aliphatic hydroxyl groups is 1. The SMILES string of the molecule is CNc1cc2c(c(C(=O)NC[C@@H]3CCN(CCOC)CC3O)c1)OCCCO2. The number of carbonyl (C=O) groups excluding carboxylic acids is 1. The number of rotatable bonds is 7. The van der Waals surface area contributed by atoms with Gasteiger partial charge in [0.1, 0.15) is 0 Å². The number of fused-ring (bicyclic) bond motifs is 1. The van der Waals surface area contributed by atoms with Crippen LogP contribution in [-0.4, -0.2) is 82.2 Å². The number of amides is 1. The van der Waals surface area contributed by atoms with Crippen LogP contribution in [-0.2, 0) is 4.74 Å². The smallest absolute Gasteiger partial charge is 0.255 e. The summed E-state index contributed by atoms with van der Waals surface area (Å²) in [6.07, 6.45) is 1.14. The van der Waals surface area contributed by atoms with Crippen molar-refractivity contribution in [1.29, 1.82) is 0 Å². The Morgan fingerprint density at radius 1 is 1.36 bits per heavy atom. The summed E-state index contributed by atoms with van der Waals surface area (Å²) < 4.78 is 16.6. The average molecular weight is 393 g/mol. The summed E-state index contributed by atoms with van der Waals surface area (Å²) in [6.45, 7) is 4.47. The van der Waals surface area contributed by atoms with Crippen LogP contribution in [0.5, 0.6) is 11.5 Å². The van der Waals surface area contributed by atoms with Gasteiger partial charge in [0.15, 0.2) is 11.5 Å². The van der Waals surface area contributed by atoms with Crippen molar-refractivity contribution in [2.45, 2.75) is 18.9 Å². The predicted molar refractivity (Wildman–Crippen MR) is 106 cm³/mol. The zero-order valence-corrected chi connectivity index (χ0v) is 16.7. The molecule has 2 atom stereocenters. The molecule has 28 heavy (non-hydrogen) atoms. The highest BCUT2D eigenvalue weighted by Gasteiger charge is 2.28. The number of benzene rings is 1. The number of likely N-dealkylation sites (tertiary alicyclic amines) is 1. The van der Waals surface area contributed by atoms with Crippen LogP contribution in [0.3, 0.4) is 0 Å². The van der Waals surface area contributed by atoms with Crippen LogP contribution in [0.15, 0.2) is 12.1 Å². The molecule has 0 radical (unpaired) electrons. The van der Waals surface area contributed by atoms with Gasteiger partial charge in [0.2, 0.25) is 0 Å². The number of aliphatic hydroxyl groups excluding tert-OH is 1. The summed E-state index contributed by atoms with van der Waals surface area (Å²) in [6, 6.07) is 3.61. The lowest BCUT2D eigenvalue weighted by molar-refractivity contribution is 0.0132. The van der Waals surface area contributed by atoms with Crippen molar-refractivity contribution < 1.29 is 24.1 Å². The van der Waals surface area contributed by atoms with E-state index in [-0.39, 0.29) is 11.8 Å². The number of nitrogens with one attached hydrogen (secondary N) is 2. The predicted octanol–water partition coefficient (Wildman–Crippen LogP) is 0.949. The Bertz CT molecular complexity index is 669. The van der Waals surface area contributed by atoms with E-state index in [2.05, 4.69) is 15.5 Å². The Morgan fingerprint density at radius 3 is 2.93 bits per heavy atom. The minimum Gasteiger partial charge on any atom is -0.489 e. The Balaban J connectivity index is 1.62. The van der Waals surface area contributed by atoms with Crippen molar-refractivity contribution >= 4 is 11.6 Å². The maximum Gasteiger partial charge on any atom is 0.255 e. The van der Waals surface area contributed by atoms with Crippen molar-refractivity contribution in [3.63, 3.8) is 0 Å². The van der Waals surface area contributed by atoms with E-state index < -0.39 is 6.10 Å². The first-order valence-corrected chi connectivity index (χ1v) is 9.91. The molecular formula is C20H31N3O5. The molecular weight excluding hydrogens is 362 g/mol. The molecule has 1 unspecified atom stereocenters. The van der Waals surface area contributed by atoms with Gasteiger partial charge in [-0.1, -0.05) is 0 Å². The molecule has 0 saturated carbocycles. The Morgan fingerprint density at radius 2 is 2.18 bits per heavy atom. The highest BCUT2D eigenvalue weighted by Crippen LogP contribution is 2.36. The molecule has 0 aliphatic carbocycles. The van der Waals surface area contributed by atoms with Crippen LogP contribution in [0.4, 0.5) is 5.69 Å². The third kappa shape index (κ3) is 5.06. The molecule has 1 fully saturated rings. The number of hydrogen-bond donors (Lipinski definition) is 3. The third-order valence-corrected chi connectivity index (χ3v) is 5.32. The van der Waals surface area contributed by atoms with Gasteiger partial charge in [-0.3, -0.25) is 9.69 Å². The third-order valence-electron chi connectivity index (χ3n) is 5.32. The van der Waals surface area contributed by atoms with E-state index >= 15 is 0 Å². The van der Waals surface area contributed by atoms with E-state index in [0.29, 0.717) is 50.0 Å². The number of methoxy groups -OCH3 is 1. The van der Waals surface area contributed by atoms with E-state index in [1.807, 2.05) is 6.07 Å². The van der Waals surface area contributed by atoms with Gasteiger partial charge in [0, 0.05) is 57.9 Å². The number of piperidine rings is 1. The maximum atomic E-state index is 12.9. The first kappa shape index (κ1) is 20.7. The second kappa shape index (κ2) is 9.95. The van der Waals surface area contributed by atoms with Crippen LogP contribution in [0.25, 0.3) is 0 Å². The zero-order valence-electron chi connectivity index (χ0n) is 16.7. The van der Waals surface area contributed by atoms with Crippen LogP contribution in [0, 0.1) is 5.92 Å². The van der Waals surface area contributed by atoms with Gasteiger partial charge >= 0.3 is 0 Å². The summed E-state index contributed by atoms with van der Waals surface area (Å²) in [7, 11) is 3.48. The molecule has 2 aliphatic rings. The lowest BCUT2D eigenvalue weighted by Gasteiger charge is -2.35. The summed E-state index contributed by atoms with van der Waals surface area (Å²) in [5.74, 6) is 0.892. The lowest BCUT2D eigenvalue weighted by atomic mass is 9.93. The van der Waals surface area contributed by atoms with Gasteiger partial charge in [-0.25, -0.2) is 0 Å². The largest absolute Gasteiger partial charge is 0.489 e. The monoisotopic (exact) mass is 393 g/mol. The molecule has 1 aromatic carbocycles. The Hall–Kier alpha value is -2.03. The molecule has 156 valence electrons. The topological polar surface area (TPSA) is 92.3 Å². The number of ether oxygens (including phenoxy) is 3. The van der Waals surface area contributed by atoms with Crippen molar-refractivity contribution in [1.82, 2.24) is 10.2 Å². The molecule has 0 aromatic heterocycles.